The maximum atomic E-state index is 13.3. The first-order chi connectivity index (χ1) is 13.4. The smallest absolute Gasteiger partial charge is 0.253 e. The van der Waals surface area contributed by atoms with Gasteiger partial charge in [-0.3, -0.25) is 9.59 Å². The fourth-order valence-electron chi connectivity index (χ4n) is 3.97. The van der Waals surface area contributed by atoms with Gasteiger partial charge >= 0.3 is 0 Å². The number of carbonyl (C=O) groups excluding carboxylic acids is 1. The van der Waals surface area contributed by atoms with Gasteiger partial charge in [-0.05, 0) is 71.3 Å². The van der Waals surface area contributed by atoms with Crippen LogP contribution in [0.15, 0.2) is 53.5 Å². The van der Waals surface area contributed by atoms with Gasteiger partial charge in [0.1, 0.15) is 11.6 Å². The molecule has 3 nitrogen and oxygen atoms in total. The third kappa shape index (κ3) is 3.55. The Morgan fingerprint density at radius 2 is 1.75 bits per heavy atom. The van der Waals surface area contributed by atoms with E-state index in [2.05, 4.69) is 12.1 Å². The predicted octanol–water partition coefficient (Wildman–Crippen LogP) is 4.15. The monoisotopic (exact) mass is 375 g/mol. The number of carbonyl (C=O) groups is 1. The molecule has 0 atom stereocenters. The lowest BCUT2D eigenvalue weighted by Gasteiger charge is -2.20. The van der Waals surface area contributed by atoms with E-state index in [4.69, 9.17) is 0 Å². The molecule has 4 rings (SSSR count). The van der Waals surface area contributed by atoms with E-state index in [0.717, 1.165) is 34.2 Å². The van der Waals surface area contributed by atoms with Gasteiger partial charge in [-0.1, -0.05) is 24.3 Å². The van der Waals surface area contributed by atoms with Crippen LogP contribution in [0.5, 0.6) is 0 Å². The zero-order chi connectivity index (χ0) is 19.8. The molecule has 0 fully saturated rings. The Balaban J connectivity index is 1.87. The zero-order valence-electron chi connectivity index (χ0n) is 16.1. The van der Waals surface area contributed by atoms with Gasteiger partial charge in [0.25, 0.3) is 5.56 Å². The van der Waals surface area contributed by atoms with E-state index in [0.29, 0.717) is 24.8 Å². The van der Waals surface area contributed by atoms with Gasteiger partial charge in [-0.15, -0.1) is 0 Å². The number of rotatable bonds is 3. The van der Waals surface area contributed by atoms with E-state index >= 15 is 0 Å². The van der Waals surface area contributed by atoms with Crippen molar-refractivity contribution >= 4 is 5.78 Å². The van der Waals surface area contributed by atoms with Gasteiger partial charge in [0.15, 0.2) is 0 Å². The quantitative estimate of drug-likeness (QED) is 0.690. The van der Waals surface area contributed by atoms with Crippen LogP contribution >= 0.6 is 0 Å². The number of benzene rings is 2. The molecule has 0 aliphatic heterocycles. The number of aryl methyl sites for hydroxylation is 3. The van der Waals surface area contributed by atoms with Crippen molar-refractivity contribution in [2.45, 2.75) is 32.6 Å². The van der Waals surface area contributed by atoms with Crippen LogP contribution in [-0.4, -0.2) is 10.4 Å². The molecular weight excluding hydrogens is 353 g/mol. The third-order valence-electron chi connectivity index (χ3n) is 5.47. The molecule has 0 saturated carbocycles. The summed E-state index contributed by atoms with van der Waals surface area (Å²) in [7, 11) is 1.76. The van der Waals surface area contributed by atoms with Crippen molar-refractivity contribution in [3.8, 4) is 11.1 Å². The fraction of sp³-hybridized carbons (Fsp3) is 0.250. The van der Waals surface area contributed by atoms with Gasteiger partial charge in [0.2, 0.25) is 0 Å². The van der Waals surface area contributed by atoms with Crippen molar-refractivity contribution in [3.05, 3.63) is 92.6 Å². The molecule has 4 heteroatoms. The van der Waals surface area contributed by atoms with Crippen LogP contribution in [-0.2, 0) is 31.1 Å². The first-order valence-electron chi connectivity index (χ1n) is 9.49. The molecule has 1 heterocycles. The summed E-state index contributed by atoms with van der Waals surface area (Å²) in [6.07, 6.45) is 4.30. The summed E-state index contributed by atoms with van der Waals surface area (Å²) in [5.41, 5.74) is 7.10. The standard InChI is InChI=1S/C24H22FNO2/c1-15-9-20(14-26(2)24(15)28)23-13-17-5-8-22(27)12-18(17)11-19(23)10-16-3-6-21(25)7-4-16/h3-4,6-7,9,11,13-14H,5,8,10,12H2,1-2H3. The summed E-state index contributed by atoms with van der Waals surface area (Å²) >= 11 is 0. The highest BCUT2D eigenvalue weighted by atomic mass is 19.1. The molecule has 1 aromatic heterocycles. The Labute approximate surface area is 163 Å². The SMILES string of the molecule is Cc1cc(-c2cc3c(cc2Cc2ccc(F)cc2)CC(=O)CC3)cn(C)c1=O. The van der Waals surface area contributed by atoms with Crippen molar-refractivity contribution in [2.75, 3.05) is 0 Å². The number of Topliss-reactive ketones (excluding diaryl/α,β-unsaturated/α-hetero) is 1. The number of hydrogen-bond donors (Lipinski definition) is 0. The summed E-state index contributed by atoms with van der Waals surface area (Å²) < 4.78 is 14.9. The van der Waals surface area contributed by atoms with Crippen molar-refractivity contribution < 1.29 is 9.18 Å². The lowest BCUT2D eigenvalue weighted by Crippen LogP contribution is -2.19. The first kappa shape index (κ1) is 18.4. The van der Waals surface area contributed by atoms with Gasteiger partial charge in [-0.25, -0.2) is 4.39 Å². The Morgan fingerprint density at radius 3 is 2.46 bits per heavy atom. The molecular formula is C24H22FNO2. The average Bonchev–Trinajstić information content (AvgIpc) is 2.67. The van der Waals surface area contributed by atoms with E-state index < -0.39 is 0 Å². The highest BCUT2D eigenvalue weighted by Gasteiger charge is 2.19. The minimum atomic E-state index is -0.256. The normalized spacial score (nSPS) is 13.5. The summed E-state index contributed by atoms with van der Waals surface area (Å²) in [6, 6.07) is 12.7. The zero-order valence-corrected chi connectivity index (χ0v) is 16.1. The number of halogens is 1. The number of hydrogen-bond acceptors (Lipinski definition) is 2. The highest BCUT2D eigenvalue weighted by Crippen LogP contribution is 2.32. The molecule has 0 saturated heterocycles. The second kappa shape index (κ2) is 7.19. The van der Waals surface area contributed by atoms with Gasteiger partial charge in [-0.2, -0.15) is 0 Å². The number of nitrogens with zero attached hydrogens (tertiary/aromatic N) is 1. The summed E-state index contributed by atoms with van der Waals surface area (Å²) in [6.45, 7) is 1.82. The van der Waals surface area contributed by atoms with E-state index in [1.165, 1.54) is 17.7 Å². The van der Waals surface area contributed by atoms with Crippen LogP contribution in [0.3, 0.4) is 0 Å². The van der Waals surface area contributed by atoms with Gasteiger partial charge < -0.3 is 4.57 Å². The Bertz CT molecular complexity index is 1100. The predicted molar refractivity (Wildman–Crippen MR) is 108 cm³/mol. The first-order valence-corrected chi connectivity index (χ1v) is 9.49. The minimum Gasteiger partial charge on any atom is -0.318 e. The van der Waals surface area contributed by atoms with Crippen LogP contribution < -0.4 is 5.56 Å². The van der Waals surface area contributed by atoms with Crippen LogP contribution in [0.25, 0.3) is 11.1 Å². The summed E-state index contributed by atoms with van der Waals surface area (Å²) in [4.78, 5) is 24.1. The van der Waals surface area contributed by atoms with E-state index in [-0.39, 0.29) is 17.2 Å². The van der Waals surface area contributed by atoms with Crippen LogP contribution in [0.2, 0.25) is 0 Å². The molecule has 3 aromatic rings. The molecule has 1 aliphatic rings. The van der Waals surface area contributed by atoms with Crippen LogP contribution in [0, 0.1) is 12.7 Å². The maximum absolute atomic E-state index is 13.3. The molecule has 142 valence electrons. The third-order valence-corrected chi connectivity index (χ3v) is 5.47. The molecule has 28 heavy (non-hydrogen) atoms. The number of fused-ring (bicyclic) bond motifs is 1. The minimum absolute atomic E-state index is 0.00705. The summed E-state index contributed by atoms with van der Waals surface area (Å²) in [5.74, 6) is 0.0135. The number of ketones is 1. The molecule has 0 radical (unpaired) electrons. The molecule has 0 N–H and O–H groups in total. The average molecular weight is 375 g/mol. The van der Waals surface area contributed by atoms with Crippen molar-refractivity contribution in [1.29, 1.82) is 0 Å². The topological polar surface area (TPSA) is 39.1 Å². The Kier molecular flexibility index (Phi) is 4.71. The van der Waals surface area contributed by atoms with Crippen molar-refractivity contribution in [1.82, 2.24) is 4.57 Å². The van der Waals surface area contributed by atoms with Crippen molar-refractivity contribution in [2.24, 2.45) is 7.05 Å². The molecule has 0 amide bonds. The second-order valence-electron chi connectivity index (χ2n) is 7.62. The van der Waals surface area contributed by atoms with E-state index in [9.17, 15) is 14.0 Å². The number of aromatic nitrogens is 1. The van der Waals surface area contributed by atoms with Crippen LogP contribution in [0.1, 0.15) is 34.2 Å². The van der Waals surface area contributed by atoms with E-state index in [1.807, 2.05) is 19.2 Å². The molecule has 0 bridgehead atoms. The fourth-order valence-corrected chi connectivity index (χ4v) is 3.97. The lowest BCUT2D eigenvalue weighted by atomic mass is 9.84. The molecule has 0 unspecified atom stereocenters. The van der Waals surface area contributed by atoms with Gasteiger partial charge in [0, 0.05) is 31.6 Å². The number of pyridine rings is 1. The Hall–Kier alpha value is -3.01. The Morgan fingerprint density at radius 1 is 1.00 bits per heavy atom. The largest absolute Gasteiger partial charge is 0.318 e. The molecule has 2 aromatic carbocycles. The highest BCUT2D eigenvalue weighted by molar-refractivity contribution is 5.84. The van der Waals surface area contributed by atoms with Gasteiger partial charge in [0.05, 0.1) is 0 Å². The lowest BCUT2D eigenvalue weighted by molar-refractivity contribution is -0.118. The van der Waals surface area contributed by atoms with Crippen LogP contribution in [0.4, 0.5) is 4.39 Å². The molecule has 1 aliphatic carbocycles. The van der Waals surface area contributed by atoms with E-state index in [1.54, 1.807) is 23.7 Å². The summed E-state index contributed by atoms with van der Waals surface area (Å²) in [5, 5.41) is 0. The van der Waals surface area contributed by atoms with Crippen molar-refractivity contribution in [3.63, 3.8) is 0 Å². The second-order valence-corrected chi connectivity index (χ2v) is 7.62. The molecule has 0 spiro atoms. The maximum Gasteiger partial charge on any atom is 0.253 e.